The lowest BCUT2D eigenvalue weighted by atomic mass is 10.2. The highest BCUT2D eigenvalue weighted by Crippen LogP contribution is 2.26. The van der Waals surface area contributed by atoms with Crippen LogP contribution in [-0.2, 0) is 6.54 Å². The molecule has 0 radical (unpaired) electrons. The zero-order valence-corrected chi connectivity index (χ0v) is 11.8. The van der Waals surface area contributed by atoms with Crippen molar-refractivity contribution < 1.29 is 4.79 Å². The number of rotatable bonds is 2. The molecule has 0 unspecified atom stereocenters. The van der Waals surface area contributed by atoms with Crippen LogP contribution in [0.4, 0.5) is 11.6 Å². The number of aryl methyl sites for hydroxylation is 1. The number of carbonyl (C=O) groups excluding carboxylic acids is 1. The summed E-state index contributed by atoms with van der Waals surface area (Å²) in [6.45, 7) is 3.13. The maximum Gasteiger partial charge on any atom is 0.286 e. The minimum absolute atomic E-state index is 0.174. The van der Waals surface area contributed by atoms with Gasteiger partial charge in [0.1, 0.15) is 0 Å². The molecule has 1 amide bonds. The van der Waals surface area contributed by atoms with Crippen molar-refractivity contribution in [2.75, 3.05) is 18.5 Å². The van der Waals surface area contributed by atoms with E-state index >= 15 is 0 Å². The van der Waals surface area contributed by atoms with Crippen LogP contribution >= 0.6 is 0 Å². The number of amides is 1. The highest BCUT2D eigenvalue weighted by Gasteiger charge is 2.26. The zero-order valence-electron chi connectivity index (χ0n) is 11.8. The van der Waals surface area contributed by atoms with E-state index in [4.69, 9.17) is 0 Å². The molecule has 0 saturated heterocycles. The maximum absolute atomic E-state index is 12.3. The second-order valence-electron chi connectivity index (χ2n) is 4.87. The molecule has 1 aromatic carbocycles. The molecule has 1 aromatic heterocycles. The van der Waals surface area contributed by atoms with E-state index in [0.29, 0.717) is 19.0 Å². The standard InChI is InChI=1S/C14H15N5O2/c1-9-3-5-10(6-4-9)18-7-8-19-13(21)11(12(20)15-2)16-17-14(18)19/h3-6H,7-8H2,1-2H3,(H,15,20). The SMILES string of the molecule is CNC(=O)c1nnc2n(c1=O)CCN2c1ccc(C)cc1. The first kappa shape index (κ1) is 13.3. The molecule has 0 saturated carbocycles. The Morgan fingerprint density at radius 3 is 2.57 bits per heavy atom. The fourth-order valence-electron chi connectivity index (χ4n) is 2.34. The topological polar surface area (TPSA) is 80.1 Å². The average Bonchev–Trinajstić information content (AvgIpc) is 2.92. The molecule has 7 heteroatoms. The van der Waals surface area contributed by atoms with E-state index in [1.807, 2.05) is 36.1 Å². The molecular formula is C14H15N5O2. The van der Waals surface area contributed by atoms with Crippen molar-refractivity contribution in [3.8, 4) is 0 Å². The highest BCUT2D eigenvalue weighted by atomic mass is 16.2. The Kier molecular flexibility index (Phi) is 3.17. The van der Waals surface area contributed by atoms with Gasteiger partial charge in [-0.3, -0.25) is 14.2 Å². The number of benzene rings is 1. The van der Waals surface area contributed by atoms with Gasteiger partial charge in [0, 0.05) is 25.8 Å². The molecule has 0 atom stereocenters. The number of fused-ring (bicyclic) bond motifs is 1. The van der Waals surface area contributed by atoms with Crippen LogP contribution in [0.5, 0.6) is 0 Å². The Hall–Kier alpha value is -2.70. The third-order valence-corrected chi connectivity index (χ3v) is 3.51. The Balaban J connectivity index is 2.04. The van der Waals surface area contributed by atoms with E-state index in [-0.39, 0.29) is 5.69 Å². The summed E-state index contributed by atoms with van der Waals surface area (Å²) in [6, 6.07) is 7.96. The lowest BCUT2D eigenvalue weighted by molar-refractivity contribution is 0.0954. The molecule has 2 heterocycles. The van der Waals surface area contributed by atoms with Crippen molar-refractivity contribution in [2.45, 2.75) is 13.5 Å². The number of carbonyl (C=O) groups is 1. The number of nitrogens with zero attached hydrogens (tertiary/aromatic N) is 4. The van der Waals surface area contributed by atoms with Gasteiger partial charge in [-0.15, -0.1) is 10.2 Å². The molecule has 7 nitrogen and oxygen atoms in total. The Morgan fingerprint density at radius 2 is 1.90 bits per heavy atom. The second kappa shape index (κ2) is 5.01. The number of anilines is 2. The van der Waals surface area contributed by atoms with Gasteiger partial charge >= 0.3 is 0 Å². The third-order valence-electron chi connectivity index (χ3n) is 3.51. The smallest absolute Gasteiger partial charge is 0.286 e. The molecule has 0 spiro atoms. The molecule has 2 aromatic rings. The molecule has 1 aliphatic heterocycles. The van der Waals surface area contributed by atoms with Crippen LogP contribution in [0.15, 0.2) is 29.1 Å². The number of hydrogen-bond donors (Lipinski definition) is 1. The lowest BCUT2D eigenvalue weighted by Gasteiger charge is -2.16. The minimum atomic E-state index is -0.517. The molecule has 21 heavy (non-hydrogen) atoms. The highest BCUT2D eigenvalue weighted by molar-refractivity contribution is 5.91. The summed E-state index contributed by atoms with van der Waals surface area (Å²) in [7, 11) is 1.46. The predicted molar refractivity (Wildman–Crippen MR) is 77.9 cm³/mol. The second-order valence-corrected chi connectivity index (χ2v) is 4.87. The van der Waals surface area contributed by atoms with E-state index in [1.165, 1.54) is 11.6 Å². The van der Waals surface area contributed by atoms with Gasteiger partial charge in [0.25, 0.3) is 11.5 Å². The zero-order chi connectivity index (χ0) is 15.0. The Labute approximate surface area is 121 Å². The first-order valence-corrected chi connectivity index (χ1v) is 6.65. The van der Waals surface area contributed by atoms with Gasteiger partial charge < -0.3 is 10.2 Å². The average molecular weight is 285 g/mol. The fourth-order valence-corrected chi connectivity index (χ4v) is 2.34. The van der Waals surface area contributed by atoms with E-state index in [1.54, 1.807) is 0 Å². The maximum atomic E-state index is 12.3. The van der Waals surface area contributed by atoms with E-state index < -0.39 is 11.5 Å². The van der Waals surface area contributed by atoms with E-state index in [9.17, 15) is 9.59 Å². The van der Waals surface area contributed by atoms with Crippen LogP contribution in [0, 0.1) is 6.92 Å². The summed E-state index contributed by atoms with van der Waals surface area (Å²) in [5, 5.41) is 10.2. The van der Waals surface area contributed by atoms with Gasteiger partial charge in [0.15, 0.2) is 0 Å². The number of nitrogens with one attached hydrogen (secondary N) is 1. The van der Waals surface area contributed by atoms with Crippen molar-refractivity contribution in [3.05, 3.63) is 45.9 Å². The summed E-state index contributed by atoms with van der Waals surface area (Å²) in [5.74, 6) is -0.0481. The largest absolute Gasteiger partial charge is 0.354 e. The van der Waals surface area contributed by atoms with E-state index in [0.717, 1.165) is 11.3 Å². The van der Waals surface area contributed by atoms with Crippen molar-refractivity contribution in [1.29, 1.82) is 0 Å². The molecule has 0 fully saturated rings. The lowest BCUT2D eigenvalue weighted by Crippen LogP contribution is -2.33. The Bertz CT molecular complexity index is 751. The summed E-state index contributed by atoms with van der Waals surface area (Å²) in [4.78, 5) is 25.8. The molecule has 0 aliphatic carbocycles. The molecular weight excluding hydrogens is 270 g/mol. The first-order chi connectivity index (χ1) is 10.1. The van der Waals surface area contributed by atoms with Crippen molar-refractivity contribution in [3.63, 3.8) is 0 Å². The summed E-state index contributed by atoms with van der Waals surface area (Å²) < 4.78 is 1.48. The van der Waals surface area contributed by atoms with Crippen LogP contribution in [0.3, 0.4) is 0 Å². The van der Waals surface area contributed by atoms with Gasteiger partial charge in [-0.2, -0.15) is 0 Å². The monoisotopic (exact) mass is 285 g/mol. The van der Waals surface area contributed by atoms with Crippen molar-refractivity contribution in [2.24, 2.45) is 0 Å². The third kappa shape index (κ3) is 2.16. The Morgan fingerprint density at radius 1 is 1.19 bits per heavy atom. The van der Waals surface area contributed by atoms with Gasteiger partial charge in [0.05, 0.1) is 0 Å². The van der Waals surface area contributed by atoms with Gasteiger partial charge in [-0.05, 0) is 19.1 Å². The van der Waals surface area contributed by atoms with Crippen LogP contribution in [0.1, 0.15) is 16.1 Å². The first-order valence-electron chi connectivity index (χ1n) is 6.65. The molecule has 108 valence electrons. The fraction of sp³-hybridized carbons (Fsp3) is 0.286. The quantitative estimate of drug-likeness (QED) is 0.867. The predicted octanol–water partition coefficient (Wildman–Crippen LogP) is 0.458. The minimum Gasteiger partial charge on any atom is -0.354 e. The van der Waals surface area contributed by atoms with Crippen molar-refractivity contribution in [1.82, 2.24) is 20.1 Å². The van der Waals surface area contributed by atoms with E-state index in [2.05, 4.69) is 15.5 Å². The number of aromatic nitrogens is 3. The van der Waals surface area contributed by atoms with Crippen LogP contribution in [0.25, 0.3) is 0 Å². The number of hydrogen-bond acceptors (Lipinski definition) is 5. The molecule has 3 rings (SSSR count). The molecule has 0 bridgehead atoms. The molecule has 1 N–H and O–H groups in total. The van der Waals surface area contributed by atoms with Gasteiger partial charge in [-0.25, -0.2) is 0 Å². The van der Waals surface area contributed by atoms with Crippen LogP contribution in [-0.4, -0.2) is 34.3 Å². The molecule has 1 aliphatic rings. The van der Waals surface area contributed by atoms with Gasteiger partial charge in [0.2, 0.25) is 11.6 Å². The van der Waals surface area contributed by atoms with Gasteiger partial charge in [-0.1, -0.05) is 17.7 Å². The normalized spacial score (nSPS) is 13.1. The summed E-state index contributed by atoms with van der Waals surface area (Å²) in [6.07, 6.45) is 0. The summed E-state index contributed by atoms with van der Waals surface area (Å²) >= 11 is 0. The van der Waals surface area contributed by atoms with Crippen LogP contribution in [0.2, 0.25) is 0 Å². The van der Waals surface area contributed by atoms with Crippen LogP contribution < -0.4 is 15.8 Å². The van der Waals surface area contributed by atoms with Crippen molar-refractivity contribution >= 4 is 17.5 Å². The summed E-state index contributed by atoms with van der Waals surface area (Å²) in [5.41, 5.74) is 1.53.